The maximum atomic E-state index is 11.6. The Hall–Kier alpha value is -1.85. The number of nitrogens with one attached hydrogen (secondary N) is 2. The van der Waals surface area contributed by atoms with Gasteiger partial charge >= 0.3 is 0 Å². The summed E-state index contributed by atoms with van der Waals surface area (Å²) in [5, 5.41) is 5.84. The lowest BCUT2D eigenvalue weighted by atomic mass is 10.1. The maximum Gasteiger partial charge on any atom is 0.242 e. The molecule has 0 aliphatic carbocycles. The van der Waals surface area contributed by atoms with E-state index in [4.69, 9.17) is 4.74 Å². The van der Waals surface area contributed by atoms with Crippen molar-refractivity contribution in [2.24, 2.45) is 0 Å². The van der Waals surface area contributed by atoms with Crippen LogP contribution in [-0.4, -0.2) is 35.6 Å². The molecule has 1 aliphatic rings. The molecule has 1 amide bonds. The fraction of sp³-hybridized carbons (Fsp3) is 0.545. The number of carbonyl (C=O) groups excluding carboxylic acids is 1. The molecular weight excluding hydrogens is 220 g/mol. The van der Waals surface area contributed by atoms with E-state index in [9.17, 15) is 4.79 Å². The van der Waals surface area contributed by atoms with E-state index < -0.39 is 0 Å². The minimum atomic E-state index is -0.254. The molecule has 2 rings (SSSR count). The quantitative estimate of drug-likeness (QED) is 0.798. The number of aromatic nitrogens is 2. The minimum Gasteiger partial charge on any atom is -0.481 e. The smallest absolute Gasteiger partial charge is 0.242 e. The van der Waals surface area contributed by atoms with Crippen molar-refractivity contribution < 1.29 is 9.53 Å². The summed E-state index contributed by atoms with van der Waals surface area (Å²) in [6, 6.07) is 1.49. The number of nitrogens with zero attached hydrogens (tertiary/aromatic N) is 2. The third-order valence-electron chi connectivity index (χ3n) is 2.63. The van der Waals surface area contributed by atoms with Gasteiger partial charge < -0.3 is 15.4 Å². The zero-order chi connectivity index (χ0) is 12.3. The first-order chi connectivity index (χ1) is 8.19. The van der Waals surface area contributed by atoms with Crippen molar-refractivity contribution in [3.8, 4) is 5.88 Å². The third kappa shape index (κ3) is 2.83. The molecule has 0 radical (unpaired) electrons. The summed E-state index contributed by atoms with van der Waals surface area (Å²) >= 11 is 0. The van der Waals surface area contributed by atoms with Crippen LogP contribution in [0.2, 0.25) is 0 Å². The van der Waals surface area contributed by atoms with Gasteiger partial charge in [-0.25, -0.2) is 4.98 Å². The third-order valence-corrected chi connectivity index (χ3v) is 2.63. The molecule has 1 aliphatic heterocycles. The van der Waals surface area contributed by atoms with Gasteiger partial charge in [0.2, 0.25) is 17.7 Å². The summed E-state index contributed by atoms with van der Waals surface area (Å²) in [4.78, 5) is 20.0. The van der Waals surface area contributed by atoms with E-state index in [0.29, 0.717) is 11.8 Å². The van der Waals surface area contributed by atoms with Crippen LogP contribution in [0, 0.1) is 6.92 Å². The standard InChI is InChI=1S/C11H16N4O2/c1-7-6-9(17-2)15-11(13-7)14-8-4-3-5-12-10(8)16/h6,8H,3-5H2,1-2H3,(H,12,16)(H,13,14,15). The first kappa shape index (κ1) is 11.6. The van der Waals surface area contributed by atoms with Crippen LogP contribution in [0.3, 0.4) is 0 Å². The molecule has 6 nitrogen and oxygen atoms in total. The summed E-state index contributed by atoms with van der Waals surface area (Å²) < 4.78 is 5.06. The predicted molar refractivity (Wildman–Crippen MR) is 63.0 cm³/mol. The zero-order valence-corrected chi connectivity index (χ0v) is 9.99. The van der Waals surface area contributed by atoms with Gasteiger partial charge in [0.05, 0.1) is 7.11 Å². The first-order valence-electron chi connectivity index (χ1n) is 5.63. The highest BCUT2D eigenvalue weighted by Gasteiger charge is 2.22. The van der Waals surface area contributed by atoms with Gasteiger partial charge in [-0.05, 0) is 19.8 Å². The molecule has 17 heavy (non-hydrogen) atoms. The number of carbonyl (C=O) groups is 1. The lowest BCUT2D eigenvalue weighted by Crippen LogP contribution is -2.44. The average Bonchev–Trinajstić information content (AvgIpc) is 2.31. The van der Waals surface area contributed by atoms with Crippen LogP contribution in [0.25, 0.3) is 0 Å². The van der Waals surface area contributed by atoms with Gasteiger partial charge in [0.25, 0.3) is 0 Å². The molecule has 1 unspecified atom stereocenters. The van der Waals surface area contributed by atoms with Crippen molar-refractivity contribution in [3.05, 3.63) is 11.8 Å². The van der Waals surface area contributed by atoms with Crippen LogP contribution in [0.15, 0.2) is 6.07 Å². The van der Waals surface area contributed by atoms with Crippen LogP contribution >= 0.6 is 0 Å². The van der Waals surface area contributed by atoms with Crippen molar-refractivity contribution in [1.82, 2.24) is 15.3 Å². The van der Waals surface area contributed by atoms with Gasteiger partial charge in [-0.2, -0.15) is 4.98 Å². The lowest BCUT2D eigenvalue weighted by molar-refractivity contribution is -0.123. The average molecular weight is 236 g/mol. The summed E-state index contributed by atoms with van der Waals surface area (Å²) in [6.45, 7) is 2.60. The molecule has 1 atom stereocenters. The zero-order valence-electron chi connectivity index (χ0n) is 9.99. The Bertz CT molecular complexity index is 422. The number of piperidine rings is 1. The second-order valence-electron chi connectivity index (χ2n) is 4.01. The Morgan fingerprint density at radius 2 is 2.35 bits per heavy atom. The van der Waals surface area contributed by atoms with Gasteiger partial charge in [0.1, 0.15) is 6.04 Å². The van der Waals surface area contributed by atoms with Gasteiger partial charge in [-0.1, -0.05) is 0 Å². The van der Waals surface area contributed by atoms with Crippen molar-refractivity contribution in [2.45, 2.75) is 25.8 Å². The summed E-state index contributed by atoms with van der Waals surface area (Å²) in [7, 11) is 1.55. The molecule has 2 heterocycles. The highest BCUT2D eigenvalue weighted by Crippen LogP contribution is 2.14. The van der Waals surface area contributed by atoms with Crippen LogP contribution in [0.1, 0.15) is 18.5 Å². The molecule has 0 spiro atoms. The topological polar surface area (TPSA) is 76.1 Å². The SMILES string of the molecule is COc1cc(C)nc(NC2CCCNC2=O)n1. The predicted octanol–water partition coefficient (Wildman–Crippen LogP) is 0.484. The number of methoxy groups -OCH3 is 1. The van der Waals surface area contributed by atoms with Crippen molar-refractivity contribution in [2.75, 3.05) is 19.0 Å². The van der Waals surface area contributed by atoms with E-state index in [1.54, 1.807) is 13.2 Å². The Morgan fingerprint density at radius 1 is 1.53 bits per heavy atom. The molecule has 1 saturated heterocycles. The molecule has 1 aromatic heterocycles. The molecule has 1 fully saturated rings. The van der Waals surface area contributed by atoms with Crippen molar-refractivity contribution >= 4 is 11.9 Å². The van der Waals surface area contributed by atoms with Crippen LogP contribution in [0.4, 0.5) is 5.95 Å². The summed E-state index contributed by atoms with van der Waals surface area (Å²) in [5.74, 6) is 0.931. The Morgan fingerprint density at radius 3 is 3.06 bits per heavy atom. The fourth-order valence-electron chi connectivity index (χ4n) is 1.77. The van der Waals surface area contributed by atoms with Gasteiger partial charge in [0, 0.05) is 18.3 Å². The Labute approximate surface area is 99.8 Å². The molecule has 0 saturated carbocycles. The highest BCUT2D eigenvalue weighted by molar-refractivity contribution is 5.84. The lowest BCUT2D eigenvalue weighted by Gasteiger charge is -2.22. The van der Waals surface area contributed by atoms with E-state index in [0.717, 1.165) is 25.1 Å². The van der Waals surface area contributed by atoms with Crippen molar-refractivity contribution in [3.63, 3.8) is 0 Å². The van der Waals surface area contributed by atoms with E-state index >= 15 is 0 Å². The van der Waals surface area contributed by atoms with E-state index in [1.807, 2.05) is 6.92 Å². The second kappa shape index (κ2) is 4.99. The number of anilines is 1. The fourth-order valence-corrected chi connectivity index (χ4v) is 1.77. The molecule has 0 aromatic carbocycles. The van der Waals surface area contributed by atoms with Gasteiger partial charge in [-0.15, -0.1) is 0 Å². The number of hydrogen-bond donors (Lipinski definition) is 2. The highest BCUT2D eigenvalue weighted by atomic mass is 16.5. The Balaban J connectivity index is 2.11. The van der Waals surface area contributed by atoms with E-state index in [2.05, 4.69) is 20.6 Å². The number of hydrogen-bond acceptors (Lipinski definition) is 5. The number of ether oxygens (including phenoxy) is 1. The molecule has 1 aromatic rings. The summed E-state index contributed by atoms with van der Waals surface area (Å²) in [6.07, 6.45) is 1.76. The largest absolute Gasteiger partial charge is 0.481 e. The van der Waals surface area contributed by atoms with Gasteiger partial charge in [0.15, 0.2) is 0 Å². The molecule has 2 N–H and O–H groups in total. The normalized spacial score (nSPS) is 19.6. The molecule has 0 bridgehead atoms. The van der Waals surface area contributed by atoms with Crippen molar-refractivity contribution in [1.29, 1.82) is 0 Å². The first-order valence-corrected chi connectivity index (χ1v) is 5.63. The molecule has 6 heteroatoms. The monoisotopic (exact) mass is 236 g/mol. The number of aryl methyl sites for hydroxylation is 1. The number of amides is 1. The van der Waals surface area contributed by atoms with Crippen LogP contribution < -0.4 is 15.4 Å². The van der Waals surface area contributed by atoms with E-state index in [-0.39, 0.29) is 11.9 Å². The molecule has 92 valence electrons. The second-order valence-corrected chi connectivity index (χ2v) is 4.01. The van der Waals surface area contributed by atoms with Crippen LogP contribution in [-0.2, 0) is 4.79 Å². The maximum absolute atomic E-state index is 11.6. The Kier molecular flexibility index (Phi) is 3.41. The number of rotatable bonds is 3. The van der Waals surface area contributed by atoms with Gasteiger partial charge in [-0.3, -0.25) is 4.79 Å². The molecular formula is C11H16N4O2. The summed E-state index contributed by atoms with van der Waals surface area (Å²) in [5.41, 5.74) is 0.801. The van der Waals surface area contributed by atoms with E-state index in [1.165, 1.54) is 0 Å². The minimum absolute atomic E-state index is 0.000299. The van der Waals surface area contributed by atoms with Crippen LogP contribution in [0.5, 0.6) is 5.88 Å².